The van der Waals surface area contributed by atoms with Crippen LogP contribution in [0.1, 0.15) is 24.1 Å². The van der Waals surface area contributed by atoms with Gasteiger partial charge in [-0.25, -0.2) is 0 Å². The molecule has 2 heterocycles. The standard InChI is InChI=1S/C27H23N3/c1-19(25-17-16-22-10-6-7-11-26(22)28-25)20-12-14-23(15-13-20)27-24(18-30(2)29-27)21-8-4-3-5-9-21/h3-19H,1-2H3. The molecular formula is C27H23N3. The Labute approximate surface area is 176 Å². The molecule has 2 aromatic heterocycles. The molecule has 0 amide bonds. The van der Waals surface area contributed by atoms with Crippen LogP contribution in [0.3, 0.4) is 0 Å². The Morgan fingerprint density at radius 3 is 2.27 bits per heavy atom. The summed E-state index contributed by atoms with van der Waals surface area (Å²) in [7, 11) is 1.97. The molecule has 146 valence electrons. The second kappa shape index (κ2) is 7.60. The third-order valence-corrected chi connectivity index (χ3v) is 5.66. The second-order valence-electron chi connectivity index (χ2n) is 7.70. The Balaban J connectivity index is 1.47. The topological polar surface area (TPSA) is 30.7 Å². The number of hydrogen-bond donors (Lipinski definition) is 0. The maximum absolute atomic E-state index is 4.87. The molecule has 0 aliphatic carbocycles. The molecule has 3 heteroatoms. The number of nitrogens with zero attached hydrogens (tertiary/aromatic N) is 3. The Morgan fingerprint density at radius 1 is 0.733 bits per heavy atom. The number of rotatable bonds is 4. The highest BCUT2D eigenvalue weighted by Gasteiger charge is 2.14. The number of pyridine rings is 1. The van der Waals surface area contributed by atoms with Gasteiger partial charge in [-0.1, -0.05) is 85.8 Å². The van der Waals surface area contributed by atoms with E-state index in [1.165, 1.54) is 16.5 Å². The number of fused-ring (bicyclic) bond motifs is 1. The van der Waals surface area contributed by atoms with Crippen molar-refractivity contribution in [1.29, 1.82) is 0 Å². The van der Waals surface area contributed by atoms with E-state index in [0.717, 1.165) is 28.0 Å². The van der Waals surface area contributed by atoms with Crippen molar-refractivity contribution in [2.24, 2.45) is 7.05 Å². The second-order valence-corrected chi connectivity index (χ2v) is 7.70. The Morgan fingerprint density at radius 2 is 1.47 bits per heavy atom. The molecule has 5 aromatic rings. The number of benzene rings is 3. The predicted molar refractivity (Wildman–Crippen MR) is 123 cm³/mol. The lowest BCUT2D eigenvalue weighted by atomic mass is 9.94. The minimum Gasteiger partial charge on any atom is -0.275 e. The molecule has 30 heavy (non-hydrogen) atoms. The molecule has 0 aliphatic rings. The van der Waals surface area contributed by atoms with Crippen molar-refractivity contribution in [3.05, 3.63) is 108 Å². The third-order valence-electron chi connectivity index (χ3n) is 5.66. The van der Waals surface area contributed by atoms with E-state index < -0.39 is 0 Å². The molecule has 0 spiro atoms. The van der Waals surface area contributed by atoms with Crippen LogP contribution < -0.4 is 0 Å². The van der Waals surface area contributed by atoms with Crippen molar-refractivity contribution in [2.75, 3.05) is 0 Å². The first-order valence-corrected chi connectivity index (χ1v) is 10.2. The van der Waals surface area contributed by atoms with Crippen LogP contribution in [0, 0.1) is 0 Å². The summed E-state index contributed by atoms with van der Waals surface area (Å²) in [5.41, 5.74) is 7.83. The molecule has 3 nitrogen and oxygen atoms in total. The van der Waals surface area contributed by atoms with Gasteiger partial charge in [0.25, 0.3) is 0 Å². The van der Waals surface area contributed by atoms with Crippen LogP contribution in [-0.4, -0.2) is 14.8 Å². The fraction of sp³-hybridized carbons (Fsp3) is 0.111. The van der Waals surface area contributed by atoms with Gasteiger partial charge in [-0.3, -0.25) is 9.67 Å². The molecule has 0 aliphatic heterocycles. The highest BCUT2D eigenvalue weighted by atomic mass is 15.2. The molecule has 0 N–H and O–H groups in total. The van der Waals surface area contributed by atoms with E-state index in [4.69, 9.17) is 10.1 Å². The van der Waals surface area contributed by atoms with Gasteiger partial charge in [0.1, 0.15) is 5.69 Å². The summed E-state index contributed by atoms with van der Waals surface area (Å²) in [4.78, 5) is 4.87. The van der Waals surface area contributed by atoms with Gasteiger partial charge in [0.2, 0.25) is 0 Å². The van der Waals surface area contributed by atoms with Gasteiger partial charge in [0.15, 0.2) is 0 Å². The van der Waals surface area contributed by atoms with Gasteiger partial charge >= 0.3 is 0 Å². The van der Waals surface area contributed by atoms with Crippen molar-refractivity contribution in [1.82, 2.24) is 14.8 Å². The van der Waals surface area contributed by atoms with Crippen molar-refractivity contribution in [3.63, 3.8) is 0 Å². The normalized spacial score (nSPS) is 12.2. The van der Waals surface area contributed by atoms with E-state index in [0.29, 0.717) is 0 Å². The predicted octanol–water partition coefficient (Wildman–Crippen LogP) is 6.45. The van der Waals surface area contributed by atoms with Crippen LogP contribution >= 0.6 is 0 Å². The van der Waals surface area contributed by atoms with Crippen molar-refractivity contribution in [3.8, 4) is 22.4 Å². The van der Waals surface area contributed by atoms with Gasteiger partial charge in [-0.2, -0.15) is 5.10 Å². The molecule has 1 unspecified atom stereocenters. The number of hydrogen-bond acceptors (Lipinski definition) is 2. The van der Waals surface area contributed by atoms with E-state index in [2.05, 4.69) is 85.9 Å². The summed E-state index contributed by atoms with van der Waals surface area (Å²) in [5, 5.41) is 5.90. The summed E-state index contributed by atoms with van der Waals surface area (Å²) >= 11 is 0. The van der Waals surface area contributed by atoms with Gasteiger partial charge in [-0.05, 0) is 23.3 Å². The van der Waals surface area contributed by atoms with Crippen LogP contribution in [0.2, 0.25) is 0 Å². The summed E-state index contributed by atoms with van der Waals surface area (Å²) in [6.07, 6.45) is 2.08. The Bertz CT molecular complexity index is 1300. The van der Waals surface area contributed by atoms with E-state index >= 15 is 0 Å². The molecule has 0 saturated heterocycles. The van der Waals surface area contributed by atoms with Gasteiger partial charge in [0.05, 0.1) is 5.52 Å². The lowest BCUT2D eigenvalue weighted by Gasteiger charge is -2.13. The van der Waals surface area contributed by atoms with Crippen molar-refractivity contribution < 1.29 is 0 Å². The minimum absolute atomic E-state index is 0.223. The first-order valence-electron chi connectivity index (χ1n) is 10.2. The maximum atomic E-state index is 4.87. The van der Waals surface area contributed by atoms with Gasteiger partial charge in [0, 0.05) is 41.4 Å². The van der Waals surface area contributed by atoms with Crippen molar-refractivity contribution >= 4 is 10.9 Å². The third kappa shape index (κ3) is 3.39. The minimum atomic E-state index is 0.223. The molecule has 5 rings (SSSR count). The molecule has 1 atom stereocenters. The SMILES string of the molecule is CC(c1ccc(-c2nn(C)cc2-c2ccccc2)cc1)c1ccc2ccccc2n1. The summed E-state index contributed by atoms with van der Waals surface area (Å²) < 4.78 is 1.88. The van der Waals surface area contributed by atoms with E-state index in [1.807, 2.05) is 29.9 Å². The van der Waals surface area contributed by atoms with Crippen LogP contribution in [0.25, 0.3) is 33.3 Å². The maximum Gasteiger partial charge on any atom is 0.100 e. The zero-order valence-corrected chi connectivity index (χ0v) is 17.2. The summed E-state index contributed by atoms with van der Waals surface area (Å²) in [5.74, 6) is 0.223. The molecular weight excluding hydrogens is 366 g/mol. The van der Waals surface area contributed by atoms with E-state index in [9.17, 15) is 0 Å². The summed E-state index contributed by atoms with van der Waals surface area (Å²) in [6.45, 7) is 2.21. The van der Waals surface area contributed by atoms with E-state index in [1.54, 1.807) is 0 Å². The van der Waals surface area contributed by atoms with Crippen LogP contribution in [-0.2, 0) is 7.05 Å². The zero-order chi connectivity index (χ0) is 20.5. The fourth-order valence-electron chi connectivity index (χ4n) is 3.95. The Hall–Kier alpha value is -3.72. The molecule has 3 aromatic carbocycles. The lowest BCUT2D eigenvalue weighted by Crippen LogP contribution is -1.99. The quantitative estimate of drug-likeness (QED) is 0.353. The molecule has 0 radical (unpaired) electrons. The summed E-state index contributed by atoms with van der Waals surface area (Å²) in [6, 6.07) is 31.7. The fourth-order valence-corrected chi connectivity index (χ4v) is 3.95. The largest absolute Gasteiger partial charge is 0.275 e. The average Bonchev–Trinajstić information content (AvgIpc) is 3.20. The number of para-hydroxylation sites is 1. The molecule has 0 bridgehead atoms. The molecule has 0 saturated carbocycles. The number of aromatic nitrogens is 3. The number of aryl methyl sites for hydroxylation is 1. The van der Waals surface area contributed by atoms with Gasteiger partial charge < -0.3 is 0 Å². The average molecular weight is 390 g/mol. The first-order chi connectivity index (χ1) is 14.7. The Kier molecular flexibility index (Phi) is 4.64. The lowest BCUT2D eigenvalue weighted by molar-refractivity contribution is 0.771. The monoisotopic (exact) mass is 389 g/mol. The van der Waals surface area contributed by atoms with Crippen molar-refractivity contribution in [2.45, 2.75) is 12.8 Å². The van der Waals surface area contributed by atoms with Crippen LogP contribution in [0.5, 0.6) is 0 Å². The van der Waals surface area contributed by atoms with Gasteiger partial charge in [-0.15, -0.1) is 0 Å². The van der Waals surface area contributed by atoms with E-state index in [-0.39, 0.29) is 5.92 Å². The van der Waals surface area contributed by atoms with Crippen LogP contribution in [0.15, 0.2) is 97.2 Å². The highest BCUT2D eigenvalue weighted by molar-refractivity contribution is 5.81. The van der Waals surface area contributed by atoms with Crippen LogP contribution in [0.4, 0.5) is 0 Å². The first kappa shape index (κ1) is 18.3. The smallest absolute Gasteiger partial charge is 0.100 e. The molecule has 0 fully saturated rings. The highest BCUT2D eigenvalue weighted by Crippen LogP contribution is 2.32. The zero-order valence-electron chi connectivity index (χ0n) is 17.2.